The fourth-order valence-corrected chi connectivity index (χ4v) is 4.95. The Morgan fingerprint density at radius 3 is 2.78 bits per heavy atom. The molecule has 1 spiro atoms. The molecule has 2 atom stereocenters. The van der Waals surface area contributed by atoms with Crippen molar-refractivity contribution in [3.63, 3.8) is 0 Å². The number of aromatic nitrogens is 3. The van der Waals surface area contributed by atoms with E-state index in [9.17, 15) is 9.59 Å². The van der Waals surface area contributed by atoms with E-state index in [1.807, 2.05) is 16.7 Å². The Hall–Kier alpha value is -2.22. The predicted molar refractivity (Wildman–Crippen MR) is 102 cm³/mol. The SMILES string of the molecule is CC(=O)N(Cc1ccsc1)[C@H]1CC12CCN(C(=O)[C@@H](C)n1cncn1)CC2. The van der Waals surface area contributed by atoms with Crippen molar-refractivity contribution in [2.24, 2.45) is 5.41 Å². The quantitative estimate of drug-likeness (QED) is 0.789. The van der Waals surface area contributed by atoms with Gasteiger partial charge in [0.2, 0.25) is 11.8 Å². The molecule has 1 aliphatic carbocycles. The summed E-state index contributed by atoms with van der Waals surface area (Å²) in [5.41, 5.74) is 1.39. The van der Waals surface area contributed by atoms with Crippen LogP contribution in [0.5, 0.6) is 0 Å². The molecule has 2 aromatic heterocycles. The van der Waals surface area contributed by atoms with Gasteiger partial charge in [0.15, 0.2) is 0 Å². The summed E-state index contributed by atoms with van der Waals surface area (Å²) < 4.78 is 1.60. The Morgan fingerprint density at radius 2 is 2.19 bits per heavy atom. The molecule has 0 bridgehead atoms. The molecular weight excluding hydrogens is 362 g/mol. The lowest BCUT2D eigenvalue weighted by molar-refractivity contribution is -0.137. The maximum atomic E-state index is 12.7. The van der Waals surface area contributed by atoms with E-state index in [0.29, 0.717) is 12.6 Å². The second kappa shape index (κ2) is 7.07. The van der Waals surface area contributed by atoms with Crippen LogP contribution in [0.3, 0.4) is 0 Å². The number of carbonyl (C=O) groups excluding carboxylic acids is 2. The normalized spacial score (nSPS) is 21.9. The summed E-state index contributed by atoms with van der Waals surface area (Å²) in [6.45, 7) is 5.71. The van der Waals surface area contributed by atoms with Gasteiger partial charge in [0.1, 0.15) is 18.7 Å². The first kappa shape index (κ1) is 18.2. The van der Waals surface area contributed by atoms with Gasteiger partial charge < -0.3 is 9.80 Å². The fraction of sp³-hybridized carbons (Fsp3) is 0.579. The average molecular weight is 388 g/mol. The lowest BCUT2D eigenvalue weighted by Crippen LogP contribution is -2.44. The number of hydrogen-bond donors (Lipinski definition) is 0. The minimum absolute atomic E-state index is 0.0919. The van der Waals surface area contributed by atoms with Crippen LogP contribution in [0.2, 0.25) is 0 Å². The van der Waals surface area contributed by atoms with Gasteiger partial charge in [0.25, 0.3) is 0 Å². The van der Waals surface area contributed by atoms with E-state index in [-0.39, 0.29) is 23.3 Å². The zero-order chi connectivity index (χ0) is 19.0. The summed E-state index contributed by atoms with van der Waals surface area (Å²) in [7, 11) is 0. The Balaban J connectivity index is 1.36. The van der Waals surface area contributed by atoms with Crippen molar-refractivity contribution in [2.45, 2.75) is 51.7 Å². The number of rotatable bonds is 5. The molecule has 3 heterocycles. The molecule has 1 saturated heterocycles. The van der Waals surface area contributed by atoms with Gasteiger partial charge in [-0.3, -0.25) is 9.59 Å². The topological polar surface area (TPSA) is 71.3 Å². The van der Waals surface area contributed by atoms with Gasteiger partial charge in [-0.1, -0.05) is 0 Å². The van der Waals surface area contributed by atoms with Crippen LogP contribution >= 0.6 is 11.3 Å². The lowest BCUT2D eigenvalue weighted by atomic mass is 9.92. The van der Waals surface area contributed by atoms with Crippen molar-refractivity contribution < 1.29 is 9.59 Å². The molecule has 2 amide bonds. The smallest absolute Gasteiger partial charge is 0.247 e. The van der Waals surface area contributed by atoms with Crippen LogP contribution in [0, 0.1) is 5.41 Å². The summed E-state index contributed by atoms with van der Waals surface area (Å²) in [5, 5.41) is 8.24. The maximum absolute atomic E-state index is 12.7. The molecule has 8 heteroatoms. The van der Waals surface area contributed by atoms with Crippen LogP contribution in [0.1, 0.15) is 44.7 Å². The van der Waals surface area contributed by atoms with Gasteiger partial charge in [-0.15, -0.1) is 0 Å². The summed E-state index contributed by atoms with van der Waals surface area (Å²) in [4.78, 5) is 32.8. The molecule has 2 fully saturated rings. The van der Waals surface area contributed by atoms with Crippen LogP contribution in [0.25, 0.3) is 0 Å². The number of piperidine rings is 1. The van der Waals surface area contributed by atoms with E-state index >= 15 is 0 Å². The third kappa shape index (κ3) is 3.50. The Labute approximate surface area is 163 Å². The average Bonchev–Trinajstić information content (AvgIpc) is 3.11. The number of nitrogens with zero attached hydrogens (tertiary/aromatic N) is 5. The number of hydrogen-bond acceptors (Lipinski definition) is 5. The number of carbonyl (C=O) groups is 2. The zero-order valence-corrected chi connectivity index (χ0v) is 16.6. The molecule has 4 rings (SSSR count). The highest BCUT2D eigenvalue weighted by molar-refractivity contribution is 7.07. The van der Waals surface area contributed by atoms with Gasteiger partial charge in [0, 0.05) is 32.6 Å². The van der Waals surface area contributed by atoms with Gasteiger partial charge >= 0.3 is 0 Å². The van der Waals surface area contributed by atoms with E-state index in [1.54, 1.807) is 29.3 Å². The van der Waals surface area contributed by atoms with Crippen molar-refractivity contribution in [3.8, 4) is 0 Å². The van der Waals surface area contributed by atoms with Crippen LogP contribution < -0.4 is 0 Å². The first-order valence-corrected chi connectivity index (χ1v) is 10.4. The third-order valence-electron chi connectivity index (χ3n) is 6.12. The van der Waals surface area contributed by atoms with Crippen molar-refractivity contribution >= 4 is 23.2 Å². The summed E-state index contributed by atoms with van der Waals surface area (Å²) in [6.07, 6.45) is 6.01. The van der Waals surface area contributed by atoms with Crippen molar-refractivity contribution in [3.05, 3.63) is 35.0 Å². The molecule has 2 aliphatic rings. The van der Waals surface area contributed by atoms with Crippen LogP contribution in [0.15, 0.2) is 29.5 Å². The molecule has 0 unspecified atom stereocenters. The maximum Gasteiger partial charge on any atom is 0.247 e. The van der Waals surface area contributed by atoms with Crippen molar-refractivity contribution in [1.82, 2.24) is 24.6 Å². The van der Waals surface area contributed by atoms with E-state index in [4.69, 9.17) is 0 Å². The van der Waals surface area contributed by atoms with Gasteiger partial charge in [-0.05, 0) is 54.0 Å². The molecule has 0 aromatic carbocycles. The van der Waals surface area contributed by atoms with Crippen LogP contribution in [0.4, 0.5) is 0 Å². The minimum atomic E-state index is -0.330. The van der Waals surface area contributed by atoms with Gasteiger partial charge in [-0.2, -0.15) is 16.4 Å². The van der Waals surface area contributed by atoms with Gasteiger partial charge in [0.05, 0.1) is 0 Å². The summed E-state index contributed by atoms with van der Waals surface area (Å²) >= 11 is 1.66. The molecule has 1 saturated carbocycles. The zero-order valence-electron chi connectivity index (χ0n) is 15.7. The predicted octanol–water partition coefficient (Wildman–Crippen LogP) is 2.33. The first-order chi connectivity index (χ1) is 13.0. The monoisotopic (exact) mass is 387 g/mol. The standard InChI is InChI=1S/C19H25N5O2S/c1-14(24-13-20-12-21-24)18(26)22-6-4-19(5-7-22)9-17(19)23(15(2)25)10-16-3-8-27-11-16/h3,8,11-14,17H,4-7,9-10H2,1-2H3/t14-,17+/m1/s1. The minimum Gasteiger partial charge on any atom is -0.341 e. The van der Waals surface area contributed by atoms with Crippen LogP contribution in [-0.2, 0) is 16.1 Å². The van der Waals surface area contributed by atoms with Crippen LogP contribution in [-0.4, -0.2) is 55.5 Å². The van der Waals surface area contributed by atoms with Crippen molar-refractivity contribution in [1.29, 1.82) is 0 Å². The summed E-state index contributed by atoms with van der Waals surface area (Å²) in [5.74, 6) is 0.232. The van der Waals surface area contributed by atoms with Crippen molar-refractivity contribution in [2.75, 3.05) is 13.1 Å². The first-order valence-electron chi connectivity index (χ1n) is 9.41. The molecule has 144 valence electrons. The Morgan fingerprint density at radius 1 is 1.41 bits per heavy atom. The lowest BCUT2D eigenvalue weighted by Gasteiger charge is -2.35. The second-order valence-corrected chi connectivity index (χ2v) is 8.52. The molecule has 0 radical (unpaired) electrons. The molecule has 2 aromatic rings. The van der Waals surface area contributed by atoms with E-state index in [2.05, 4.69) is 26.9 Å². The second-order valence-electron chi connectivity index (χ2n) is 7.74. The van der Waals surface area contributed by atoms with Gasteiger partial charge in [-0.25, -0.2) is 9.67 Å². The fourth-order valence-electron chi connectivity index (χ4n) is 4.29. The number of likely N-dealkylation sites (tertiary alicyclic amines) is 1. The van der Waals surface area contributed by atoms with E-state index in [0.717, 1.165) is 32.4 Å². The molecular formula is C19H25N5O2S. The highest BCUT2D eigenvalue weighted by Crippen LogP contribution is 2.57. The van der Waals surface area contributed by atoms with E-state index < -0.39 is 0 Å². The molecule has 0 N–H and O–H groups in total. The largest absolute Gasteiger partial charge is 0.341 e. The molecule has 7 nitrogen and oxygen atoms in total. The molecule has 1 aliphatic heterocycles. The Bertz CT molecular complexity index is 796. The number of amides is 2. The Kier molecular flexibility index (Phi) is 4.75. The summed E-state index contributed by atoms with van der Waals surface area (Å²) in [6, 6.07) is 2.06. The highest BCUT2D eigenvalue weighted by atomic mass is 32.1. The highest BCUT2D eigenvalue weighted by Gasteiger charge is 2.58. The van der Waals surface area contributed by atoms with E-state index in [1.165, 1.54) is 11.9 Å². The molecule has 27 heavy (non-hydrogen) atoms. The third-order valence-corrected chi connectivity index (χ3v) is 6.85. The number of thiophene rings is 1.